The topological polar surface area (TPSA) is 26.0 Å². The van der Waals surface area contributed by atoms with E-state index in [1.807, 2.05) is 6.92 Å². The Kier molecular flexibility index (Phi) is 3.37. The predicted octanol–water partition coefficient (Wildman–Crippen LogP) is 2.51. The molecule has 0 amide bonds. The third-order valence-electron chi connectivity index (χ3n) is 1.90. The largest absolute Gasteiger partial charge is 0.324 e. The van der Waals surface area contributed by atoms with Gasteiger partial charge in [-0.2, -0.15) is 0 Å². The summed E-state index contributed by atoms with van der Waals surface area (Å²) in [5.74, 6) is 0. The molecule has 0 aliphatic carbocycles. The Morgan fingerprint density at radius 3 is 2.15 bits per heavy atom. The average molecular weight is 185 g/mol. The summed E-state index contributed by atoms with van der Waals surface area (Å²) >= 11 is 0. The zero-order chi connectivity index (χ0) is 9.84. The van der Waals surface area contributed by atoms with Crippen molar-refractivity contribution < 1.29 is 8.78 Å². The molecule has 13 heavy (non-hydrogen) atoms. The van der Waals surface area contributed by atoms with E-state index in [-0.39, 0.29) is 12.5 Å². The van der Waals surface area contributed by atoms with Gasteiger partial charge in [-0.3, -0.25) is 0 Å². The standard InChI is InChI=1S/C10H13F2N/c1-7(13)9-4-2-8(3-5-9)6-10(11)12/h2-5,7,10H,6,13H2,1H3. The number of rotatable bonds is 3. The third-order valence-corrected chi connectivity index (χ3v) is 1.90. The quantitative estimate of drug-likeness (QED) is 0.769. The van der Waals surface area contributed by atoms with Crippen molar-refractivity contribution in [3.05, 3.63) is 35.4 Å². The molecule has 0 spiro atoms. The Balaban J connectivity index is 2.70. The van der Waals surface area contributed by atoms with Gasteiger partial charge < -0.3 is 5.73 Å². The lowest BCUT2D eigenvalue weighted by Gasteiger charge is -2.06. The van der Waals surface area contributed by atoms with E-state index in [4.69, 9.17) is 5.73 Å². The first kappa shape index (κ1) is 10.1. The highest BCUT2D eigenvalue weighted by molar-refractivity contribution is 5.24. The molecule has 0 heterocycles. The van der Waals surface area contributed by atoms with E-state index in [2.05, 4.69) is 0 Å². The van der Waals surface area contributed by atoms with Gasteiger partial charge in [0.05, 0.1) is 0 Å². The average Bonchev–Trinajstić information content (AvgIpc) is 2.04. The van der Waals surface area contributed by atoms with Crippen LogP contribution in [0.15, 0.2) is 24.3 Å². The smallest absolute Gasteiger partial charge is 0.242 e. The maximum atomic E-state index is 12.0. The summed E-state index contributed by atoms with van der Waals surface area (Å²) < 4.78 is 23.9. The van der Waals surface area contributed by atoms with E-state index < -0.39 is 6.43 Å². The van der Waals surface area contributed by atoms with Crippen molar-refractivity contribution in [2.45, 2.75) is 25.8 Å². The summed E-state index contributed by atoms with van der Waals surface area (Å²) in [5.41, 5.74) is 7.24. The molecule has 1 aromatic rings. The third kappa shape index (κ3) is 3.11. The molecule has 0 aliphatic heterocycles. The number of halogens is 2. The van der Waals surface area contributed by atoms with Crippen molar-refractivity contribution in [1.29, 1.82) is 0 Å². The summed E-state index contributed by atoms with van der Waals surface area (Å²) in [6, 6.07) is 6.95. The summed E-state index contributed by atoms with van der Waals surface area (Å²) in [4.78, 5) is 0. The van der Waals surface area contributed by atoms with Crippen molar-refractivity contribution in [3.8, 4) is 0 Å². The predicted molar refractivity (Wildman–Crippen MR) is 48.8 cm³/mol. The Bertz CT molecular complexity index is 254. The second-order valence-electron chi connectivity index (χ2n) is 3.13. The van der Waals surface area contributed by atoms with Crippen LogP contribution in [0.1, 0.15) is 24.1 Å². The SMILES string of the molecule is CC(N)c1ccc(CC(F)F)cc1. The van der Waals surface area contributed by atoms with Crippen molar-refractivity contribution in [2.75, 3.05) is 0 Å². The highest BCUT2D eigenvalue weighted by Crippen LogP contribution is 2.13. The van der Waals surface area contributed by atoms with Gasteiger partial charge in [0.1, 0.15) is 0 Å². The van der Waals surface area contributed by atoms with E-state index in [1.165, 1.54) is 0 Å². The van der Waals surface area contributed by atoms with Gasteiger partial charge in [-0.05, 0) is 18.1 Å². The Morgan fingerprint density at radius 1 is 1.23 bits per heavy atom. The van der Waals surface area contributed by atoms with Gasteiger partial charge in [0.15, 0.2) is 0 Å². The number of hydrogen-bond acceptors (Lipinski definition) is 1. The number of benzene rings is 1. The van der Waals surface area contributed by atoms with Crippen LogP contribution >= 0.6 is 0 Å². The highest BCUT2D eigenvalue weighted by Gasteiger charge is 2.04. The molecule has 0 aliphatic rings. The van der Waals surface area contributed by atoms with Crippen molar-refractivity contribution in [3.63, 3.8) is 0 Å². The first-order valence-electron chi connectivity index (χ1n) is 4.22. The fraction of sp³-hybridized carbons (Fsp3) is 0.400. The van der Waals surface area contributed by atoms with Gasteiger partial charge in [-0.15, -0.1) is 0 Å². The van der Waals surface area contributed by atoms with Gasteiger partial charge in [0.25, 0.3) is 0 Å². The van der Waals surface area contributed by atoms with Crippen LogP contribution < -0.4 is 5.73 Å². The minimum absolute atomic E-state index is 0.0411. The molecular formula is C10H13F2N. The number of nitrogens with two attached hydrogens (primary N) is 1. The Hall–Kier alpha value is -0.960. The van der Waals surface area contributed by atoms with Crippen LogP contribution in [-0.4, -0.2) is 6.43 Å². The van der Waals surface area contributed by atoms with E-state index in [0.29, 0.717) is 5.56 Å². The molecule has 0 saturated heterocycles. The lowest BCUT2D eigenvalue weighted by atomic mass is 10.1. The minimum atomic E-state index is -2.28. The summed E-state index contributed by atoms with van der Waals surface area (Å²) in [7, 11) is 0. The maximum Gasteiger partial charge on any atom is 0.242 e. The summed E-state index contributed by atoms with van der Waals surface area (Å²) in [5, 5.41) is 0. The molecule has 72 valence electrons. The molecule has 0 saturated carbocycles. The van der Waals surface area contributed by atoms with Gasteiger partial charge in [-0.1, -0.05) is 24.3 Å². The maximum absolute atomic E-state index is 12.0. The van der Waals surface area contributed by atoms with E-state index in [0.717, 1.165) is 5.56 Å². The molecule has 3 heteroatoms. The molecular weight excluding hydrogens is 172 g/mol. The molecule has 1 unspecified atom stereocenters. The molecule has 0 bridgehead atoms. The molecule has 0 aromatic heterocycles. The van der Waals surface area contributed by atoms with Gasteiger partial charge in [0, 0.05) is 12.5 Å². The highest BCUT2D eigenvalue weighted by atomic mass is 19.3. The number of alkyl halides is 2. The zero-order valence-electron chi connectivity index (χ0n) is 7.50. The summed E-state index contributed by atoms with van der Waals surface area (Å²) in [6.45, 7) is 1.86. The van der Waals surface area contributed by atoms with Crippen molar-refractivity contribution in [2.24, 2.45) is 5.73 Å². The van der Waals surface area contributed by atoms with E-state index in [9.17, 15) is 8.78 Å². The fourth-order valence-electron chi connectivity index (χ4n) is 1.14. The second-order valence-corrected chi connectivity index (χ2v) is 3.13. The Morgan fingerprint density at radius 2 is 1.77 bits per heavy atom. The van der Waals surface area contributed by atoms with Crippen LogP contribution in [0, 0.1) is 0 Å². The first-order chi connectivity index (χ1) is 6.09. The number of hydrogen-bond donors (Lipinski definition) is 1. The van der Waals surface area contributed by atoms with E-state index in [1.54, 1.807) is 24.3 Å². The van der Waals surface area contributed by atoms with Crippen LogP contribution in [0.4, 0.5) is 8.78 Å². The van der Waals surface area contributed by atoms with Crippen molar-refractivity contribution >= 4 is 0 Å². The normalized spacial score (nSPS) is 13.3. The lowest BCUT2D eigenvalue weighted by Crippen LogP contribution is -2.05. The van der Waals surface area contributed by atoms with Crippen molar-refractivity contribution in [1.82, 2.24) is 0 Å². The molecule has 1 rings (SSSR count). The molecule has 2 N–H and O–H groups in total. The minimum Gasteiger partial charge on any atom is -0.324 e. The van der Waals surface area contributed by atoms with Crippen LogP contribution in [-0.2, 0) is 6.42 Å². The zero-order valence-corrected chi connectivity index (χ0v) is 7.50. The van der Waals surface area contributed by atoms with Gasteiger partial charge in [0.2, 0.25) is 6.43 Å². The first-order valence-corrected chi connectivity index (χ1v) is 4.22. The van der Waals surface area contributed by atoms with Gasteiger partial charge in [-0.25, -0.2) is 8.78 Å². The lowest BCUT2D eigenvalue weighted by molar-refractivity contribution is 0.149. The summed E-state index contributed by atoms with van der Waals surface area (Å²) in [6.07, 6.45) is -2.46. The Labute approximate surface area is 76.6 Å². The second kappa shape index (κ2) is 4.33. The monoisotopic (exact) mass is 185 g/mol. The van der Waals surface area contributed by atoms with Crippen LogP contribution in [0.5, 0.6) is 0 Å². The fourth-order valence-corrected chi connectivity index (χ4v) is 1.14. The van der Waals surface area contributed by atoms with E-state index >= 15 is 0 Å². The molecule has 1 nitrogen and oxygen atoms in total. The van der Waals surface area contributed by atoms with Crippen LogP contribution in [0.2, 0.25) is 0 Å². The molecule has 1 aromatic carbocycles. The molecule has 0 radical (unpaired) electrons. The van der Waals surface area contributed by atoms with Crippen LogP contribution in [0.3, 0.4) is 0 Å². The molecule has 1 atom stereocenters. The van der Waals surface area contributed by atoms with Gasteiger partial charge >= 0.3 is 0 Å². The molecule has 0 fully saturated rings. The van der Waals surface area contributed by atoms with Crippen LogP contribution in [0.25, 0.3) is 0 Å².